The molecule has 0 saturated carbocycles. The first-order valence-electron chi connectivity index (χ1n) is 11.1. The molecule has 11 heteroatoms. The van der Waals surface area contributed by atoms with Crippen LogP contribution in [0.5, 0.6) is 5.75 Å². The zero-order valence-corrected chi connectivity index (χ0v) is 19.7. The highest BCUT2D eigenvalue weighted by atomic mass is 32.1. The number of thiophene rings is 1. The van der Waals surface area contributed by atoms with Gasteiger partial charge in [-0.2, -0.15) is 13.2 Å². The maximum atomic E-state index is 13.6. The Morgan fingerprint density at radius 1 is 1.14 bits per heavy atom. The number of nitrogens with zero attached hydrogens (tertiary/aromatic N) is 1. The Kier molecular flexibility index (Phi) is 7.62. The Hall–Kier alpha value is -3.41. The molecule has 0 fully saturated rings. The van der Waals surface area contributed by atoms with Crippen molar-refractivity contribution >= 4 is 28.9 Å². The van der Waals surface area contributed by atoms with Gasteiger partial charge in [-0.1, -0.05) is 30.3 Å². The summed E-state index contributed by atoms with van der Waals surface area (Å²) in [4.78, 5) is 24.5. The number of hydrogen-bond acceptors (Lipinski definition) is 6. The van der Waals surface area contributed by atoms with Crippen molar-refractivity contribution in [2.75, 3.05) is 24.5 Å². The number of aliphatic hydroxyl groups excluding tert-OH is 1. The first kappa shape index (κ1) is 25.7. The first-order chi connectivity index (χ1) is 17.1. The van der Waals surface area contributed by atoms with Crippen molar-refractivity contribution < 1.29 is 37.7 Å². The van der Waals surface area contributed by atoms with E-state index < -0.39 is 23.1 Å². The SMILES string of the molecule is O=C(O)C(O)CNCC(=O)N1CCc2cc(OCc3cc(-c4ccccc4)c(C(F)(F)F)s3)ccc21. The van der Waals surface area contributed by atoms with Gasteiger partial charge in [-0.3, -0.25) is 4.79 Å². The molecule has 3 aromatic rings. The molecule has 0 radical (unpaired) electrons. The number of hydrogen-bond donors (Lipinski definition) is 3. The van der Waals surface area contributed by atoms with Crippen LogP contribution >= 0.6 is 11.3 Å². The van der Waals surface area contributed by atoms with Crippen LogP contribution in [0.2, 0.25) is 0 Å². The molecule has 0 saturated heterocycles. The van der Waals surface area contributed by atoms with Crippen LogP contribution in [0.3, 0.4) is 0 Å². The highest BCUT2D eigenvalue weighted by Crippen LogP contribution is 2.43. The molecule has 0 aliphatic carbocycles. The van der Waals surface area contributed by atoms with E-state index in [0.717, 1.165) is 5.56 Å². The van der Waals surface area contributed by atoms with E-state index in [1.807, 2.05) is 0 Å². The number of nitrogens with one attached hydrogen (secondary N) is 1. The van der Waals surface area contributed by atoms with Crippen molar-refractivity contribution in [2.45, 2.75) is 25.3 Å². The Labute approximate surface area is 208 Å². The molecule has 1 unspecified atom stereocenters. The minimum atomic E-state index is -4.47. The summed E-state index contributed by atoms with van der Waals surface area (Å²) in [6.07, 6.45) is -5.49. The summed E-state index contributed by atoms with van der Waals surface area (Å²) in [5.74, 6) is -1.16. The smallest absolute Gasteiger partial charge is 0.426 e. The van der Waals surface area contributed by atoms with E-state index in [1.54, 1.807) is 53.4 Å². The molecule has 190 valence electrons. The highest BCUT2D eigenvalue weighted by Gasteiger charge is 2.36. The second-order valence-electron chi connectivity index (χ2n) is 8.18. The van der Waals surface area contributed by atoms with Gasteiger partial charge in [0.05, 0.1) is 6.54 Å². The highest BCUT2D eigenvalue weighted by molar-refractivity contribution is 7.12. The average Bonchev–Trinajstić information content (AvgIpc) is 3.47. The van der Waals surface area contributed by atoms with Gasteiger partial charge in [0.1, 0.15) is 17.2 Å². The number of benzene rings is 2. The molecule has 2 heterocycles. The molecule has 2 aromatic carbocycles. The molecule has 4 rings (SSSR count). The number of amides is 1. The lowest BCUT2D eigenvalue weighted by Gasteiger charge is -2.18. The molecule has 36 heavy (non-hydrogen) atoms. The Morgan fingerprint density at radius 2 is 1.89 bits per heavy atom. The lowest BCUT2D eigenvalue weighted by Crippen LogP contribution is -2.41. The van der Waals surface area contributed by atoms with E-state index in [4.69, 9.17) is 9.84 Å². The normalized spacial score (nSPS) is 13.9. The van der Waals surface area contributed by atoms with Gasteiger partial charge in [0, 0.05) is 29.2 Å². The molecule has 1 aliphatic rings. The quantitative estimate of drug-likeness (QED) is 0.396. The van der Waals surface area contributed by atoms with Gasteiger partial charge in [-0.05, 0) is 41.8 Å². The molecule has 7 nitrogen and oxygen atoms in total. The summed E-state index contributed by atoms with van der Waals surface area (Å²) in [5.41, 5.74) is 2.16. The van der Waals surface area contributed by atoms with E-state index in [-0.39, 0.29) is 31.2 Å². The van der Waals surface area contributed by atoms with Crippen LogP contribution in [0, 0.1) is 0 Å². The van der Waals surface area contributed by atoms with Crippen molar-refractivity contribution in [2.24, 2.45) is 0 Å². The number of anilines is 1. The minimum absolute atomic E-state index is 0.0299. The van der Waals surface area contributed by atoms with Crippen LogP contribution in [-0.4, -0.2) is 47.8 Å². The van der Waals surface area contributed by atoms with Crippen LogP contribution < -0.4 is 15.0 Å². The standard InChI is InChI=1S/C25H23F3N2O5S/c26-25(27,28)23-19(15-4-2-1-3-5-15)11-18(36-23)14-35-17-6-7-20-16(10-17)8-9-30(20)22(32)13-29-12-21(31)24(33)34/h1-7,10-11,21,29,31H,8-9,12-14H2,(H,33,34). The van der Waals surface area contributed by atoms with E-state index in [0.29, 0.717) is 46.2 Å². The van der Waals surface area contributed by atoms with Gasteiger partial charge in [0.2, 0.25) is 5.91 Å². The predicted octanol–water partition coefficient (Wildman–Crippen LogP) is 3.94. The van der Waals surface area contributed by atoms with Gasteiger partial charge in [-0.25, -0.2) is 4.79 Å². The van der Waals surface area contributed by atoms with Gasteiger partial charge >= 0.3 is 12.1 Å². The molecule has 3 N–H and O–H groups in total. The predicted molar refractivity (Wildman–Crippen MR) is 128 cm³/mol. The Morgan fingerprint density at radius 3 is 2.58 bits per heavy atom. The summed E-state index contributed by atoms with van der Waals surface area (Å²) in [6.45, 7) is 0.0178. The molecular weight excluding hydrogens is 497 g/mol. The number of fused-ring (bicyclic) bond motifs is 1. The number of carbonyl (C=O) groups excluding carboxylic acids is 1. The van der Waals surface area contributed by atoms with Crippen LogP contribution in [0.1, 0.15) is 15.3 Å². The summed E-state index contributed by atoms with van der Waals surface area (Å²) >= 11 is 0.657. The third kappa shape index (κ3) is 5.86. The van der Waals surface area contributed by atoms with Gasteiger partial charge in [-0.15, -0.1) is 11.3 Å². The topological polar surface area (TPSA) is 99.1 Å². The summed E-state index contributed by atoms with van der Waals surface area (Å²) in [7, 11) is 0. The van der Waals surface area contributed by atoms with Crippen molar-refractivity contribution in [3.05, 3.63) is 69.9 Å². The number of halogens is 3. The number of alkyl halides is 3. The monoisotopic (exact) mass is 520 g/mol. The van der Waals surface area contributed by atoms with E-state index >= 15 is 0 Å². The minimum Gasteiger partial charge on any atom is -0.488 e. The van der Waals surface area contributed by atoms with Crippen LogP contribution in [0.25, 0.3) is 11.1 Å². The molecular formula is C25H23F3N2O5S. The second-order valence-corrected chi connectivity index (χ2v) is 9.32. The van der Waals surface area contributed by atoms with Crippen LogP contribution in [0.4, 0.5) is 18.9 Å². The van der Waals surface area contributed by atoms with Crippen molar-refractivity contribution in [1.29, 1.82) is 0 Å². The van der Waals surface area contributed by atoms with E-state index in [9.17, 15) is 27.9 Å². The fraction of sp³-hybridized carbons (Fsp3) is 0.280. The zero-order valence-electron chi connectivity index (χ0n) is 18.9. The number of carbonyl (C=O) groups is 2. The van der Waals surface area contributed by atoms with Gasteiger partial charge < -0.3 is 25.2 Å². The van der Waals surface area contributed by atoms with Crippen molar-refractivity contribution in [3.63, 3.8) is 0 Å². The second kappa shape index (κ2) is 10.7. The van der Waals surface area contributed by atoms with Crippen molar-refractivity contribution in [3.8, 4) is 16.9 Å². The van der Waals surface area contributed by atoms with E-state index in [1.165, 1.54) is 6.07 Å². The Balaban J connectivity index is 1.41. The number of aliphatic hydroxyl groups is 1. The summed E-state index contributed by atoms with van der Waals surface area (Å²) in [6, 6.07) is 15.0. The first-order valence-corrected chi connectivity index (χ1v) is 11.9. The zero-order chi connectivity index (χ0) is 25.9. The molecule has 1 amide bonds. The number of carboxylic acid groups (broad SMARTS) is 1. The number of carboxylic acids is 1. The average molecular weight is 521 g/mol. The molecule has 1 aliphatic heterocycles. The maximum absolute atomic E-state index is 13.6. The van der Waals surface area contributed by atoms with Gasteiger partial charge in [0.15, 0.2) is 6.10 Å². The number of aliphatic carboxylic acids is 1. The van der Waals surface area contributed by atoms with E-state index in [2.05, 4.69) is 5.32 Å². The molecule has 1 atom stereocenters. The Bertz CT molecular complexity index is 1250. The molecule has 1 aromatic heterocycles. The maximum Gasteiger partial charge on any atom is 0.426 e. The third-order valence-corrected chi connectivity index (χ3v) is 6.81. The number of rotatable bonds is 9. The van der Waals surface area contributed by atoms with Crippen molar-refractivity contribution in [1.82, 2.24) is 5.32 Å². The van der Waals surface area contributed by atoms with Crippen LogP contribution in [0.15, 0.2) is 54.6 Å². The largest absolute Gasteiger partial charge is 0.488 e. The lowest BCUT2D eigenvalue weighted by atomic mass is 10.1. The fourth-order valence-electron chi connectivity index (χ4n) is 3.94. The summed E-state index contributed by atoms with van der Waals surface area (Å²) in [5, 5.41) is 20.6. The fourth-order valence-corrected chi connectivity index (χ4v) is 4.90. The number of ether oxygens (including phenoxy) is 1. The van der Waals surface area contributed by atoms with Gasteiger partial charge in [0.25, 0.3) is 0 Å². The summed E-state index contributed by atoms with van der Waals surface area (Å²) < 4.78 is 46.6. The third-order valence-electron chi connectivity index (χ3n) is 5.65. The molecule has 0 spiro atoms. The van der Waals surface area contributed by atoms with Crippen LogP contribution in [-0.2, 0) is 28.8 Å². The lowest BCUT2D eigenvalue weighted by molar-refractivity contribution is -0.146. The molecule has 0 bridgehead atoms.